The summed E-state index contributed by atoms with van der Waals surface area (Å²) in [6.45, 7) is 6.53. The number of esters is 3. The van der Waals surface area contributed by atoms with Crippen LogP contribution in [0.3, 0.4) is 0 Å². The summed E-state index contributed by atoms with van der Waals surface area (Å²) in [6.07, 6.45) is 94.2. The predicted molar refractivity (Wildman–Crippen MR) is 357 cm³/mol. The van der Waals surface area contributed by atoms with Gasteiger partial charge >= 0.3 is 17.9 Å². The zero-order valence-corrected chi connectivity index (χ0v) is 54.2. The van der Waals surface area contributed by atoms with Crippen molar-refractivity contribution in [3.63, 3.8) is 0 Å². The molecule has 0 amide bonds. The van der Waals surface area contributed by atoms with Crippen LogP contribution in [-0.2, 0) is 28.6 Å². The van der Waals surface area contributed by atoms with Gasteiger partial charge in [-0.25, -0.2) is 0 Å². The Morgan fingerprint density at radius 1 is 0.256 bits per heavy atom. The summed E-state index contributed by atoms with van der Waals surface area (Å²) in [7, 11) is 0. The summed E-state index contributed by atoms with van der Waals surface area (Å²) in [5.41, 5.74) is 0. The fourth-order valence-electron chi connectivity index (χ4n) is 10.0. The average molecular weight is 1140 g/mol. The maximum Gasteiger partial charge on any atom is 0.306 e. The number of carbonyl (C=O) groups excluding carboxylic acids is 3. The van der Waals surface area contributed by atoms with E-state index in [-0.39, 0.29) is 31.1 Å². The summed E-state index contributed by atoms with van der Waals surface area (Å²) in [5, 5.41) is 0. The van der Waals surface area contributed by atoms with Crippen LogP contribution in [0.5, 0.6) is 0 Å². The van der Waals surface area contributed by atoms with E-state index in [1.165, 1.54) is 199 Å². The quantitative estimate of drug-likeness (QED) is 0.0261. The molecule has 0 radical (unpaired) electrons. The molecule has 0 aliphatic carbocycles. The van der Waals surface area contributed by atoms with E-state index >= 15 is 0 Å². The summed E-state index contributed by atoms with van der Waals surface area (Å²) < 4.78 is 17.0. The highest BCUT2D eigenvalue weighted by Crippen LogP contribution is 2.17. The molecule has 1 unspecified atom stereocenters. The van der Waals surface area contributed by atoms with Crippen LogP contribution in [0.4, 0.5) is 0 Å². The molecule has 0 heterocycles. The summed E-state index contributed by atoms with van der Waals surface area (Å²) >= 11 is 0. The molecule has 6 nitrogen and oxygen atoms in total. The van der Waals surface area contributed by atoms with Gasteiger partial charge in [-0.15, -0.1) is 0 Å². The van der Waals surface area contributed by atoms with Crippen LogP contribution in [0.1, 0.15) is 348 Å². The number of carbonyl (C=O) groups is 3. The first kappa shape index (κ1) is 78.3. The van der Waals surface area contributed by atoms with Gasteiger partial charge in [0.15, 0.2) is 6.10 Å². The van der Waals surface area contributed by atoms with E-state index < -0.39 is 6.10 Å². The Labute approximate surface area is 508 Å². The minimum absolute atomic E-state index is 0.0822. The lowest BCUT2D eigenvalue weighted by Gasteiger charge is -2.18. The molecule has 0 aliphatic heterocycles. The van der Waals surface area contributed by atoms with E-state index in [0.717, 1.165) is 109 Å². The third-order valence-corrected chi connectivity index (χ3v) is 15.3. The molecule has 0 aromatic rings. The SMILES string of the molecule is CC/C=C\C/C=C\C/C=C\C/C=C\CCCCCCCCCCCCCCC(=O)OCC(COC(=O)CCCCCCC/C=C\C/C=C\CCCCCC)OC(=O)CCCCCCCCCCCCC/C=C\C/C=C\CCCCCCC. The van der Waals surface area contributed by atoms with Crippen molar-refractivity contribution in [2.45, 2.75) is 354 Å². The minimum atomic E-state index is -0.788. The van der Waals surface area contributed by atoms with Gasteiger partial charge in [-0.2, -0.15) is 0 Å². The van der Waals surface area contributed by atoms with Gasteiger partial charge < -0.3 is 14.2 Å². The van der Waals surface area contributed by atoms with Crippen LogP contribution in [0, 0.1) is 0 Å². The second kappa shape index (κ2) is 69.8. The van der Waals surface area contributed by atoms with Crippen molar-refractivity contribution in [1.82, 2.24) is 0 Å². The Morgan fingerprint density at radius 2 is 0.476 bits per heavy atom. The van der Waals surface area contributed by atoms with Gasteiger partial charge in [0, 0.05) is 19.3 Å². The lowest BCUT2D eigenvalue weighted by Crippen LogP contribution is -2.30. The van der Waals surface area contributed by atoms with Crippen LogP contribution >= 0.6 is 0 Å². The number of rotatable bonds is 64. The highest BCUT2D eigenvalue weighted by Gasteiger charge is 2.19. The van der Waals surface area contributed by atoms with Crippen LogP contribution in [0.15, 0.2) is 97.2 Å². The van der Waals surface area contributed by atoms with E-state index in [4.69, 9.17) is 14.2 Å². The third kappa shape index (κ3) is 67.1. The molecule has 6 heteroatoms. The fraction of sp³-hybridized carbons (Fsp3) is 0.750. The monoisotopic (exact) mass is 1140 g/mol. The molecular formula is C76H132O6. The lowest BCUT2D eigenvalue weighted by molar-refractivity contribution is -0.167. The maximum atomic E-state index is 13.0. The molecule has 0 saturated carbocycles. The molecule has 0 bridgehead atoms. The molecule has 472 valence electrons. The normalized spacial score (nSPS) is 12.7. The van der Waals surface area contributed by atoms with Gasteiger partial charge in [-0.05, 0) is 122 Å². The second-order valence-electron chi connectivity index (χ2n) is 23.4. The molecule has 0 fully saturated rings. The zero-order chi connectivity index (χ0) is 59.2. The summed E-state index contributed by atoms with van der Waals surface area (Å²) in [5.74, 6) is -0.884. The zero-order valence-electron chi connectivity index (χ0n) is 54.2. The highest BCUT2D eigenvalue weighted by atomic mass is 16.6. The molecule has 0 rings (SSSR count). The molecular weight excluding hydrogens is 1010 g/mol. The molecule has 0 aliphatic rings. The average Bonchev–Trinajstić information content (AvgIpc) is 3.47. The van der Waals surface area contributed by atoms with Gasteiger partial charge in [0.1, 0.15) is 13.2 Å². The topological polar surface area (TPSA) is 78.9 Å². The van der Waals surface area contributed by atoms with Gasteiger partial charge in [-0.3, -0.25) is 14.4 Å². The molecule has 0 spiro atoms. The van der Waals surface area contributed by atoms with Gasteiger partial charge in [0.05, 0.1) is 0 Å². The summed E-state index contributed by atoms with van der Waals surface area (Å²) in [4.78, 5) is 38.5. The Hall–Kier alpha value is -3.67. The maximum absolute atomic E-state index is 13.0. The van der Waals surface area contributed by atoms with Gasteiger partial charge in [0.25, 0.3) is 0 Å². The lowest BCUT2D eigenvalue weighted by atomic mass is 10.0. The van der Waals surface area contributed by atoms with Crippen molar-refractivity contribution in [3.05, 3.63) is 97.2 Å². The van der Waals surface area contributed by atoms with Crippen LogP contribution < -0.4 is 0 Å². The smallest absolute Gasteiger partial charge is 0.306 e. The number of hydrogen-bond acceptors (Lipinski definition) is 6. The molecule has 0 saturated heterocycles. The first-order valence-electron chi connectivity index (χ1n) is 35.2. The van der Waals surface area contributed by atoms with Gasteiger partial charge in [0.2, 0.25) is 0 Å². The number of unbranched alkanes of at least 4 members (excludes halogenated alkanes) is 37. The largest absolute Gasteiger partial charge is 0.462 e. The standard InChI is InChI=1S/C76H132O6/c1-4-7-10-13-16-19-22-25-28-31-33-35-37-38-40-41-43-45-48-51-54-57-60-63-66-69-75(78)81-72-73(71-80-74(77)68-65-62-59-56-53-50-47-30-27-24-21-18-15-12-9-6-3)82-76(79)70-67-64-61-58-55-52-49-46-44-42-39-36-34-32-29-26-23-20-17-14-11-8-5-2/h7,10,16,19,21,23-26,28,30,32-35,47,73H,4-6,8-9,11-15,17-18,20,22,27,29,31,36-46,48-72H2,1-3H3/b10-7-,19-16-,24-21-,26-23-,28-25-,34-32-,35-33-,47-30-. The fourth-order valence-corrected chi connectivity index (χ4v) is 10.0. The van der Waals surface area contributed by atoms with Crippen molar-refractivity contribution >= 4 is 17.9 Å². The van der Waals surface area contributed by atoms with E-state index in [9.17, 15) is 14.4 Å². The molecule has 0 aromatic carbocycles. The summed E-state index contributed by atoms with van der Waals surface area (Å²) in [6, 6.07) is 0. The first-order valence-corrected chi connectivity index (χ1v) is 35.2. The Balaban J connectivity index is 4.35. The molecule has 82 heavy (non-hydrogen) atoms. The van der Waals surface area contributed by atoms with Gasteiger partial charge in [-0.1, -0.05) is 304 Å². The van der Waals surface area contributed by atoms with Crippen molar-refractivity contribution in [2.75, 3.05) is 13.2 Å². The molecule has 0 N–H and O–H groups in total. The van der Waals surface area contributed by atoms with E-state index in [0.29, 0.717) is 19.3 Å². The Morgan fingerprint density at radius 3 is 0.756 bits per heavy atom. The van der Waals surface area contributed by atoms with Crippen LogP contribution in [-0.4, -0.2) is 37.2 Å². The molecule has 1 atom stereocenters. The van der Waals surface area contributed by atoms with E-state index in [1.807, 2.05) is 0 Å². The predicted octanol–water partition coefficient (Wildman–Crippen LogP) is 24.4. The van der Waals surface area contributed by atoms with E-state index in [2.05, 4.69) is 118 Å². The Kier molecular flexibility index (Phi) is 66.7. The van der Waals surface area contributed by atoms with Crippen LogP contribution in [0.2, 0.25) is 0 Å². The first-order chi connectivity index (χ1) is 40.5. The Bertz CT molecular complexity index is 1590. The van der Waals surface area contributed by atoms with E-state index in [1.54, 1.807) is 0 Å². The number of hydrogen-bond donors (Lipinski definition) is 0. The van der Waals surface area contributed by atoms with Crippen molar-refractivity contribution in [1.29, 1.82) is 0 Å². The second-order valence-corrected chi connectivity index (χ2v) is 23.4. The number of allylic oxidation sites excluding steroid dienone is 16. The molecule has 0 aromatic heterocycles. The van der Waals surface area contributed by atoms with Crippen molar-refractivity contribution < 1.29 is 28.6 Å². The third-order valence-electron chi connectivity index (χ3n) is 15.3. The van der Waals surface area contributed by atoms with Crippen molar-refractivity contribution in [3.8, 4) is 0 Å². The minimum Gasteiger partial charge on any atom is -0.462 e. The highest BCUT2D eigenvalue weighted by molar-refractivity contribution is 5.71. The van der Waals surface area contributed by atoms with Crippen LogP contribution in [0.25, 0.3) is 0 Å². The number of ether oxygens (including phenoxy) is 3. The van der Waals surface area contributed by atoms with Crippen molar-refractivity contribution in [2.24, 2.45) is 0 Å².